The Balaban J connectivity index is 2.23. The van der Waals surface area contributed by atoms with Crippen LogP contribution in [0.3, 0.4) is 0 Å². The number of benzene rings is 2. The molecule has 0 aliphatic carbocycles. The zero-order chi connectivity index (χ0) is 15.9. The highest BCUT2D eigenvalue weighted by Gasteiger charge is 2.47. The van der Waals surface area contributed by atoms with E-state index in [0.717, 1.165) is 0 Å². The van der Waals surface area contributed by atoms with Crippen molar-refractivity contribution in [1.82, 2.24) is 0 Å². The van der Waals surface area contributed by atoms with Crippen LogP contribution in [0, 0.1) is 0 Å². The molecule has 0 fully saturated rings. The maximum Gasteiger partial charge on any atom is 0.265 e. The maximum absolute atomic E-state index is 12.4. The largest absolute Gasteiger partial charge is 0.497 e. The molecule has 2 N–H and O–H groups in total. The van der Waals surface area contributed by atoms with Crippen molar-refractivity contribution in [3.05, 3.63) is 52.5 Å². The lowest BCUT2D eigenvalue weighted by Gasteiger charge is -2.22. The summed E-state index contributed by atoms with van der Waals surface area (Å²) in [5, 5.41) is 14.2. The Hall–Kier alpha value is -2.24. The number of carbonyl (C=O) groups excluding carboxylic acids is 1. The van der Waals surface area contributed by atoms with Gasteiger partial charge in [0.25, 0.3) is 5.91 Å². The van der Waals surface area contributed by atoms with Crippen molar-refractivity contribution in [2.75, 3.05) is 19.5 Å². The number of anilines is 1. The molecular formula is C16H14ClNO4. The molecule has 0 aromatic heterocycles. The van der Waals surface area contributed by atoms with Crippen molar-refractivity contribution in [2.45, 2.75) is 5.60 Å². The zero-order valence-electron chi connectivity index (χ0n) is 12.0. The first-order chi connectivity index (χ1) is 10.5. The topological polar surface area (TPSA) is 67.8 Å². The molecule has 5 nitrogen and oxygen atoms in total. The van der Waals surface area contributed by atoms with Crippen LogP contribution in [-0.2, 0) is 10.4 Å². The van der Waals surface area contributed by atoms with Gasteiger partial charge in [-0.25, -0.2) is 0 Å². The molecule has 1 amide bonds. The third kappa shape index (κ3) is 2.10. The smallest absolute Gasteiger partial charge is 0.265 e. The second kappa shape index (κ2) is 5.19. The van der Waals surface area contributed by atoms with Crippen molar-refractivity contribution < 1.29 is 19.4 Å². The number of nitrogens with one attached hydrogen (secondary N) is 1. The highest BCUT2D eigenvalue weighted by Crippen LogP contribution is 2.43. The fourth-order valence-corrected chi connectivity index (χ4v) is 2.73. The number of carbonyl (C=O) groups is 1. The highest BCUT2D eigenvalue weighted by atomic mass is 35.5. The molecule has 2 aromatic rings. The molecular weight excluding hydrogens is 306 g/mol. The van der Waals surface area contributed by atoms with E-state index in [2.05, 4.69) is 5.32 Å². The van der Waals surface area contributed by atoms with Gasteiger partial charge in [-0.15, -0.1) is 0 Å². The maximum atomic E-state index is 12.4. The van der Waals surface area contributed by atoms with Crippen LogP contribution >= 0.6 is 11.6 Å². The molecule has 0 spiro atoms. The van der Waals surface area contributed by atoms with E-state index in [1.165, 1.54) is 14.2 Å². The highest BCUT2D eigenvalue weighted by molar-refractivity contribution is 6.31. The summed E-state index contributed by atoms with van der Waals surface area (Å²) in [6.07, 6.45) is 0. The number of hydrogen-bond acceptors (Lipinski definition) is 4. The quantitative estimate of drug-likeness (QED) is 0.912. The zero-order valence-corrected chi connectivity index (χ0v) is 12.8. The average molecular weight is 320 g/mol. The standard InChI is InChI=1S/C16H14ClNO4/c1-21-11-5-9(6-12(8-11)22-2)16(20)13-7-10(17)3-4-14(13)18-15(16)19/h3-8,20H,1-2H3,(H,18,19). The molecule has 114 valence electrons. The second-order valence-corrected chi connectivity index (χ2v) is 5.39. The van der Waals surface area contributed by atoms with Crippen molar-refractivity contribution >= 4 is 23.2 Å². The lowest BCUT2D eigenvalue weighted by Crippen LogP contribution is -2.35. The van der Waals surface area contributed by atoms with E-state index in [1.807, 2.05) is 0 Å². The predicted octanol–water partition coefficient (Wildman–Crippen LogP) is 2.55. The van der Waals surface area contributed by atoms with Crippen molar-refractivity contribution in [2.24, 2.45) is 0 Å². The summed E-state index contributed by atoms with van der Waals surface area (Å²) in [7, 11) is 3.00. The van der Waals surface area contributed by atoms with Crippen LogP contribution in [0.5, 0.6) is 11.5 Å². The van der Waals surface area contributed by atoms with Crippen LogP contribution in [0.4, 0.5) is 5.69 Å². The fraction of sp³-hybridized carbons (Fsp3) is 0.188. The normalized spacial score (nSPS) is 19.5. The van der Waals surface area contributed by atoms with Gasteiger partial charge in [-0.05, 0) is 30.3 Å². The Kier molecular flexibility index (Phi) is 3.47. The average Bonchev–Trinajstić information content (AvgIpc) is 2.79. The molecule has 6 heteroatoms. The summed E-state index contributed by atoms with van der Waals surface area (Å²) in [6.45, 7) is 0. The minimum atomic E-state index is -1.85. The summed E-state index contributed by atoms with van der Waals surface area (Å²) in [5.41, 5.74) is -0.566. The second-order valence-electron chi connectivity index (χ2n) is 4.96. The summed E-state index contributed by atoms with van der Waals surface area (Å²) < 4.78 is 10.4. The van der Waals surface area contributed by atoms with Gasteiger partial charge in [-0.2, -0.15) is 0 Å². The first-order valence-electron chi connectivity index (χ1n) is 6.56. The summed E-state index contributed by atoms with van der Waals surface area (Å²) >= 11 is 6.00. The molecule has 2 aromatic carbocycles. The first-order valence-corrected chi connectivity index (χ1v) is 6.94. The third-order valence-corrected chi connectivity index (χ3v) is 3.95. The predicted molar refractivity (Wildman–Crippen MR) is 82.6 cm³/mol. The molecule has 1 unspecified atom stereocenters. The Morgan fingerprint density at radius 2 is 1.73 bits per heavy atom. The molecule has 0 saturated heterocycles. The number of ether oxygens (including phenoxy) is 2. The van der Waals surface area contributed by atoms with Crippen LogP contribution in [0.1, 0.15) is 11.1 Å². The van der Waals surface area contributed by atoms with Crippen molar-refractivity contribution in [1.29, 1.82) is 0 Å². The number of aliphatic hydroxyl groups is 1. The van der Waals surface area contributed by atoms with Crippen LogP contribution in [0.25, 0.3) is 0 Å². The number of halogens is 1. The third-order valence-electron chi connectivity index (χ3n) is 3.72. The van der Waals surface area contributed by atoms with Gasteiger partial charge in [0.2, 0.25) is 0 Å². The van der Waals surface area contributed by atoms with Crippen LogP contribution in [0.2, 0.25) is 5.02 Å². The van der Waals surface area contributed by atoms with Crippen LogP contribution < -0.4 is 14.8 Å². The van der Waals surface area contributed by atoms with Gasteiger partial charge in [0.1, 0.15) is 11.5 Å². The van der Waals surface area contributed by atoms with Gasteiger partial charge >= 0.3 is 0 Å². The van der Waals surface area contributed by atoms with Gasteiger partial charge in [-0.3, -0.25) is 4.79 Å². The number of rotatable bonds is 3. The summed E-state index contributed by atoms with van der Waals surface area (Å²) in [5.74, 6) is 0.414. The van der Waals surface area contributed by atoms with Gasteiger partial charge in [0.15, 0.2) is 5.60 Å². The van der Waals surface area contributed by atoms with Gasteiger partial charge in [0, 0.05) is 27.9 Å². The van der Waals surface area contributed by atoms with Crippen molar-refractivity contribution in [3.63, 3.8) is 0 Å². The number of fused-ring (bicyclic) bond motifs is 1. The Bertz CT molecular complexity index is 740. The van der Waals surface area contributed by atoms with Crippen molar-refractivity contribution in [3.8, 4) is 11.5 Å². The first kappa shape index (κ1) is 14.7. The van der Waals surface area contributed by atoms with E-state index in [4.69, 9.17) is 21.1 Å². The molecule has 1 aliphatic heterocycles. The van der Waals surface area contributed by atoms with E-state index in [0.29, 0.717) is 33.3 Å². The molecule has 1 atom stereocenters. The van der Waals surface area contributed by atoms with Gasteiger partial charge in [0.05, 0.1) is 14.2 Å². The molecule has 0 radical (unpaired) electrons. The van der Waals surface area contributed by atoms with E-state index < -0.39 is 11.5 Å². The minimum absolute atomic E-state index is 0.349. The minimum Gasteiger partial charge on any atom is -0.497 e. The van der Waals surface area contributed by atoms with Gasteiger partial charge in [-0.1, -0.05) is 11.6 Å². The Labute approximate surface area is 132 Å². The molecule has 22 heavy (non-hydrogen) atoms. The Morgan fingerprint density at radius 1 is 1.09 bits per heavy atom. The van der Waals surface area contributed by atoms with E-state index in [9.17, 15) is 9.90 Å². The molecule has 1 heterocycles. The monoisotopic (exact) mass is 319 g/mol. The van der Waals surface area contributed by atoms with Gasteiger partial charge < -0.3 is 19.9 Å². The summed E-state index contributed by atoms with van der Waals surface area (Å²) in [6, 6.07) is 9.74. The molecule has 0 saturated carbocycles. The van der Waals surface area contributed by atoms with E-state index in [-0.39, 0.29) is 0 Å². The number of hydrogen-bond donors (Lipinski definition) is 2. The molecule has 1 aliphatic rings. The summed E-state index contributed by atoms with van der Waals surface area (Å²) in [4.78, 5) is 12.4. The Morgan fingerprint density at radius 3 is 2.32 bits per heavy atom. The lowest BCUT2D eigenvalue weighted by atomic mass is 9.87. The molecule has 0 bridgehead atoms. The number of amides is 1. The van der Waals surface area contributed by atoms with Crippen LogP contribution in [0.15, 0.2) is 36.4 Å². The lowest BCUT2D eigenvalue weighted by molar-refractivity contribution is -0.129. The molecule has 3 rings (SSSR count). The number of methoxy groups -OCH3 is 2. The van der Waals surface area contributed by atoms with E-state index >= 15 is 0 Å². The van der Waals surface area contributed by atoms with Crippen LogP contribution in [-0.4, -0.2) is 25.2 Å². The van der Waals surface area contributed by atoms with E-state index in [1.54, 1.807) is 36.4 Å². The SMILES string of the molecule is COc1cc(OC)cc(C2(O)C(=O)Nc3ccc(Cl)cc32)c1. The fourth-order valence-electron chi connectivity index (χ4n) is 2.56.